The van der Waals surface area contributed by atoms with E-state index in [1.165, 1.54) is 5.56 Å². The quantitative estimate of drug-likeness (QED) is 0.341. The van der Waals surface area contributed by atoms with Crippen molar-refractivity contribution >= 4 is 29.2 Å². The fraction of sp³-hybridized carbons (Fsp3) is 0.321. The first-order valence-electron chi connectivity index (χ1n) is 11.5. The summed E-state index contributed by atoms with van der Waals surface area (Å²) in [7, 11) is 0. The Balaban J connectivity index is 1.54. The molecule has 1 aliphatic rings. The summed E-state index contributed by atoms with van der Waals surface area (Å²) in [5.41, 5.74) is 3.45. The zero-order valence-corrected chi connectivity index (χ0v) is 20.4. The van der Waals surface area contributed by atoms with Gasteiger partial charge in [-0.1, -0.05) is 31.5 Å². The minimum atomic E-state index is -0.246. The lowest BCUT2D eigenvalue weighted by molar-refractivity contribution is 0.375. The van der Waals surface area contributed by atoms with Crippen LogP contribution in [-0.2, 0) is 0 Å². The molecule has 0 spiro atoms. The zero-order chi connectivity index (χ0) is 23.6. The summed E-state index contributed by atoms with van der Waals surface area (Å²) in [5.74, 6) is 1.47. The SMILES string of the molecule is CCCN1c2cc(F)c(C=Nc3ccc(Oc4cccc(Cl)c4)cc3)cc2C(C)CC1(C)C. The molecule has 1 heterocycles. The van der Waals surface area contributed by atoms with Gasteiger partial charge in [0.15, 0.2) is 0 Å². The molecule has 0 saturated heterocycles. The molecule has 0 aromatic heterocycles. The molecule has 0 aliphatic carbocycles. The number of hydrogen-bond acceptors (Lipinski definition) is 3. The number of rotatable bonds is 6. The summed E-state index contributed by atoms with van der Waals surface area (Å²) in [4.78, 5) is 6.85. The van der Waals surface area contributed by atoms with Crippen LogP contribution in [0.4, 0.5) is 15.8 Å². The Hall–Kier alpha value is -2.85. The molecule has 4 rings (SSSR count). The van der Waals surface area contributed by atoms with Crippen molar-refractivity contribution in [3.63, 3.8) is 0 Å². The van der Waals surface area contributed by atoms with Crippen LogP contribution in [0.1, 0.15) is 57.6 Å². The monoisotopic (exact) mass is 464 g/mol. The molecule has 5 heteroatoms. The summed E-state index contributed by atoms with van der Waals surface area (Å²) in [5, 5.41) is 0.622. The minimum absolute atomic E-state index is 0.0133. The van der Waals surface area contributed by atoms with Crippen LogP contribution in [0.15, 0.2) is 65.7 Å². The lowest BCUT2D eigenvalue weighted by atomic mass is 9.79. The van der Waals surface area contributed by atoms with E-state index in [0.29, 0.717) is 28.0 Å². The van der Waals surface area contributed by atoms with E-state index in [9.17, 15) is 0 Å². The minimum Gasteiger partial charge on any atom is -0.457 e. The van der Waals surface area contributed by atoms with E-state index >= 15 is 4.39 Å². The van der Waals surface area contributed by atoms with Crippen LogP contribution in [0.2, 0.25) is 5.02 Å². The summed E-state index contributed by atoms with van der Waals surface area (Å²) in [6.07, 6.45) is 3.68. The third-order valence-electron chi connectivity index (χ3n) is 6.17. The molecule has 0 bridgehead atoms. The van der Waals surface area contributed by atoms with Crippen LogP contribution in [0.3, 0.4) is 0 Å². The van der Waals surface area contributed by atoms with Gasteiger partial charge in [-0.2, -0.15) is 0 Å². The molecule has 172 valence electrons. The van der Waals surface area contributed by atoms with Crippen molar-refractivity contribution in [3.05, 3.63) is 82.6 Å². The van der Waals surface area contributed by atoms with Crippen molar-refractivity contribution in [2.24, 2.45) is 4.99 Å². The van der Waals surface area contributed by atoms with E-state index in [-0.39, 0.29) is 11.4 Å². The van der Waals surface area contributed by atoms with E-state index < -0.39 is 0 Å². The van der Waals surface area contributed by atoms with Gasteiger partial charge in [0.25, 0.3) is 0 Å². The van der Waals surface area contributed by atoms with Crippen molar-refractivity contribution in [2.45, 2.75) is 52.0 Å². The number of halogens is 2. The van der Waals surface area contributed by atoms with E-state index in [1.807, 2.05) is 42.5 Å². The maximum absolute atomic E-state index is 15.1. The summed E-state index contributed by atoms with van der Waals surface area (Å²) in [6.45, 7) is 9.80. The lowest BCUT2D eigenvalue weighted by Gasteiger charge is -2.47. The number of hydrogen-bond donors (Lipinski definition) is 0. The third kappa shape index (κ3) is 5.22. The van der Waals surface area contributed by atoms with Crippen LogP contribution in [-0.4, -0.2) is 18.3 Å². The number of anilines is 1. The topological polar surface area (TPSA) is 24.8 Å². The van der Waals surface area contributed by atoms with Gasteiger partial charge in [0.1, 0.15) is 17.3 Å². The fourth-order valence-corrected chi connectivity index (χ4v) is 4.86. The first-order chi connectivity index (χ1) is 15.8. The van der Waals surface area contributed by atoms with Gasteiger partial charge in [-0.05, 0) is 92.8 Å². The van der Waals surface area contributed by atoms with Crippen LogP contribution in [0.5, 0.6) is 11.5 Å². The molecule has 0 amide bonds. The van der Waals surface area contributed by atoms with Gasteiger partial charge in [-0.15, -0.1) is 0 Å². The molecule has 3 aromatic carbocycles. The Morgan fingerprint density at radius 1 is 1.12 bits per heavy atom. The smallest absolute Gasteiger partial charge is 0.134 e. The lowest BCUT2D eigenvalue weighted by Crippen LogP contribution is -2.48. The largest absolute Gasteiger partial charge is 0.457 e. The third-order valence-corrected chi connectivity index (χ3v) is 6.41. The molecule has 1 atom stereocenters. The highest BCUT2D eigenvalue weighted by Gasteiger charge is 2.36. The van der Waals surface area contributed by atoms with E-state index in [2.05, 4.69) is 37.6 Å². The van der Waals surface area contributed by atoms with Crippen molar-refractivity contribution in [2.75, 3.05) is 11.4 Å². The Kier molecular flexibility index (Phi) is 6.76. The molecule has 0 radical (unpaired) electrons. The maximum atomic E-state index is 15.1. The van der Waals surface area contributed by atoms with Gasteiger partial charge >= 0.3 is 0 Å². The first-order valence-corrected chi connectivity index (χ1v) is 11.8. The van der Waals surface area contributed by atoms with Crippen LogP contribution in [0.25, 0.3) is 0 Å². The number of aliphatic imine (C=N–C) groups is 1. The highest BCUT2D eigenvalue weighted by molar-refractivity contribution is 6.30. The Bertz CT molecular complexity index is 1160. The number of nitrogens with zero attached hydrogens (tertiary/aromatic N) is 2. The average Bonchev–Trinajstić information content (AvgIpc) is 2.76. The van der Waals surface area contributed by atoms with Crippen LogP contribution >= 0.6 is 11.6 Å². The molecular weight excluding hydrogens is 435 g/mol. The van der Waals surface area contributed by atoms with Gasteiger partial charge in [-0.3, -0.25) is 4.99 Å². The van der Waals surface area contributed by atoms with Gasteiger partial charge in [0.2, 0.25) is 0 Å². The Morgan fingerprint density at radius 3 is 2.58 bits per heavy atom. The number of benzene rings is 3. The Morgan fingerprint density at radius 2 is 1.88 bits per heavy atom. The second-order valence-corrected chi connectivity index (χ2v) is 9.75. The molecule has 1 aliphatic heterocycles. The fourth-order valence-electron chi connectivity index (χ4n) is 4.68. The molecule has 3 aromatic rings. The first kappa shape index (κ1) is 23.3. The normalized spacial score (nSPS) is 17.3. The van der Waals surface area contributed by atoms with Crippen molar-refractivity contribution in [3.8, 4) is 11.5 Å². The van der Waals surface area contributed by atoms with Crippen LogP contribution < -0.4 is 9.64 Å². The van der Waals surface area contributed by atoms with Gasteiger partial charge in [0.05, 0.1) is 5.69 Å². The van der Waals surface area contributed by atoms with Gasteiger partial charge in [0, 0.05) is 34.6 Å². The molecule has 33 heavy (non-hydrogen) atoms. The molecular formula is C28H30ClFN2O. The van der Waals surface area contributed by atoms with Crippen molar-refractivity contribution in [1.82, 2.24) is 0 Å². The second kappa shape index (κ2) is 9.56. The second-order valence-electron chi connectivity index (χ2n) is 9.31. The number of fused-ring (bicyclic) bond motifs is 1. The Labute approximate surface area is 200 Å². The summed E-state index contributed by atoms with van der Waals surface area (Å²) >= 11 is 6.01. The van der Waals surface area contributed by atoms with Gasteiger partial charge in [-0.25, -0.2) is 4.39 Å². The van der Waals surface area contributed by atoms with Gasteiger partial charge < -0.3 is 9.64 Å². The molecule has 0 fully saturated rings. The summed E-state index contributed by atoms with van der Waals surface area (Å²) < 4.78 is 20.9. The highest BCUT2D eigenvalue weighted by Crippen LogP contribution is 2.44. The molecule has 3 nitrogen and oxygen atoms in total. The summed E-state index contributed by atoms with van der Waals surface area (Å²) in [6, 6.07) is 18.3. The van der Waals surface area contributed by atoms with Crippen molar-refractivity contribution < 1.29 is 9.13 Å². The van der Waals surface area contributed by atoms with Crippen molar-refractivity contribution in [1.29, 1.82) is 0 Å². The molecule has 0 saturated carbocycles. The van der Waals surface area contributed by atoms with E-state index in [0.717, 1.165) is 30.8 Å². The van der Waals surface area contributed by atoms with Crippen LogP contribution in [0, 0.1) is 5.82 Å². The zero-order valence-electron chi connectivity index (χ0n) is 19.6. The molecule has 1 unspecified atom stereocenters. The average molecular weight is 465 g/mol. The molecule has 0 N–H and O–H groups in total. The number of ether oxygens (including phenoxy) is 1. The van der Waals surface area contributed by atoms with E-state index in [1.54, 1.807) is 24.4 Å². The predicted molar refractivity (Wildman–Crippen MR) is 136 cm³/mol. The standard InChI is InChI=1S/C28H30ClFN2O/c1-5-13-32-27-16-26(30)20(14-25(27)19(2)17-28(32,3)4)18-31-22-9-11-23(12-10-22)33-24-8-6-7-21(29)15-24/h6-12,14-16,18-19H,5,13,17H2,1-4H3. The predicted octanol–water partition coefficient (Wildman–Crippen LogP) is 8.52. The maximum Gasteiger partial charge on any atom is 0.134 e. The van der Waals surface area contributed by atoms with E-state index in [4.69, 9.17) is 16.3 Å². The highest BCUT2D eigenvalue weighted by atomic mass is 35.5.